The first-order valence-corrected chi connectivity index (χ1v) is 5.62. The lowest BCUT2D eigenvalue weighted by atomic mass is 10.2. The number of anilines is 1. The summed E-state index contributed by atoms with van der Waals surface area (Å²) in [6, 6.07) is 4.07. The minimum Gasteiger partial charge on any atom is -0.477 e. The Morgan fingerprint density at radius 2 is 1.80 bits per heavy atom. The first-order valence-electron chi connectivity index (χ1n) is 5.62. The molecule has 0 spiro atoms. The maximum absolute atomic E-state index is 12.2. The van der Waals surface area contributed by atoms with E-state index in [1.165, 1.54) is 36.8 Å². The molecule has 0 fully saturated rings. The van der Waals surface area contributed by atoms with Crippen LogP contribution < -0.4 is 4.90 Å². The van der Waals surface area contributed by atoms with Crippen LogP contribution >= 0.6 is 0 Å². The quantitative estimate of drug-likeness (QED) is 0.815. The van der Waals surface area contributed by atoms with Crippen molar-refractivity contribution in [2.45, 2.75) is 0 Å². The molecule has 98 valence electrons. The largest absolute Gasteiger partial charge is 0.477 e. The lowest BCUT2D eigenvalue weighted by Crippen LogP contribution is -2.29. The molecule has 0 bridgehead atoms. The van der Waals surface area contributed by atoms with Crippen molar-refractivity contribution in [1.29, 1.82) is 0 Å². The zero-order valence-electron chi connectivity index (χ0n) is 9.98. The molecular formula is C13H7N3O4. The number of hydrogen-bond acceptors (Lipinski definition) is 5. The molecule has 2 amide bonds. The number of aromatic carboxylic acids is 1. The first-order chi connectivity index (χ1) is 9.59. The minimum atomic E-state index is -1.18. The van der Waals surface area contributed by atoms with Crippen molar-refractivity contribution < 1.29 is 19.5 Å². The fourth-order valence-corrected chi connectivity index (χ4v) is 1.96. The molecule has 20 heavy (non-hydrogen) atoms. The van der Waals surface area contributed by atoms with Crippen molar-refractivity contribution in [3.05, 3.63) is 53.6 Å². The van der Waals surface area contributed by atoms with Crippen LogP contribution in [-0.2, 0) is 0 Å². The van der Waals surface area contributed by atoms with Crippen LogP contribution in [0.3, 0.4) is 0 Å². The summed E-state index contributed by atoms with van der Waals surface area (Å²) < 4.78 is 0. The molecule has 3 heterocycles. The Hall–Kier alpha value is -3.09. The number of rotatable bonds is 2. The van der Waals surface area contributed by atoms with Crippen molar-refractivity contribution in [3.63, 3.8) is 0 Å². The number of imide groups is 1. The number of carbonyl (C=O) groups is 3. The molecular weight excluding hydrogens is 262 g/mol. The topological polar surface area (TPSA) is 100 Å². The Balaban J connectivity index is 2.02. The zero-order valence-corrected chi connectivity index (χ0v) is 9.98. The molecule has 2 aromatic rings. The van der Waals surface area contributed by atoms with Crippen LogP contribution in [0, 0.1) is 0 Å². The smallest absolute Gasteiger partial charge is 0.354 e. The van der Waals surface area contributed by atoms with Crippen LogP contribution in [0.1, 0.15) is 31.2 Å². The van der Waals surface area contributed by atoms with Crippen molar-refractivity contribution in [1.82, 2.24) is 9.97 Å². The first kappa shape index (κ1) is 12.0. The molecule has 0 aromatic carbocycles. The molecule has 1 aliphatic heterocycles. The van der Waals surface area contributed by atoms with Gasteiger partial charge in [-0.25, -0.2) is 14.7 Å². The number of nitrogens with zero attached hydrogens (tertiary/aromatic N) is 3. The van der Waals surface area contributed by atoms with E-state index in [0.717, 1.165) is 4.90 Å². The molecule has 0 saturated carbocycles. The number of hydrogen-bond donors (Lipinski definition) is 1. The van der Waals surface area contributed by atoms with E-state index < -0.39 is 17.8 Å². The van der Waals surface area contributed by atoms with Crippen molar-refractivity contribution in [2.75, 3.05) is 4.90 Å². The summed E-state index contributed by atoms with van der Waals surface area (Å²) in [5.74, 6) is -2.15. The van der Waals surface area contributed by atoms with E-state index in [-0.39, 0.29) is 22.5 Å². The van der Waals surface area contributed by atoms with Crippen LogP contribution in [0.4, 0.5) is 5.69 Å². The van der Waals surface area contributed by atoms with Crippen LogP contribution in [0.5, 0.6) is 0 Å². The van der Waals surface area contributed by atoms with E-state index in [9.17, 15) is 14.4 Å². The molecule has 1 N–H and O–H groups in total. The molecule has 7 heteroatoms. The van der Waals surface area contributed by atoms with Gasteiger partial charge in [0.25, 0.3) is 11.8 Å². The predicted octanol–water partition coefficient (Wildman–Crippen LogP) is 0.975. The number of pyridine rings is 2. The van der Waals surface area contributed by atoms with Gasteiger partial charge in [-0.05, 0) is 18.2 Å². The Bertz CT molecular complexity index is 705. The Morgan fingerprint density at radius 1 is 1.05 bits per heavy atom. The summed E-state index contributed by atoms with van der Waals surface area (Å²) in [4.78, 5) is 43.5. The molecule has 0 atom stereocenters. The van der Waals surface area contributed by atoms with Gasteiger partial charge in [0.2, 0.25) is 0 Å². The normalized spacial score (nSPS) is 13.5. The highest BCUT2D eigenvalue weighted by Gasteiger charge is 2.36. The van der Waals surface area contributed by atoms with Gasteiger partial charge in [0.05, 0.1) is 23.0 Å². The highest BCUT2D eigenvalue weighted by atomic mass is 16.4. The highest BCUT2D eigenvalue weighted by Crippen LogP contribution is 2.27. The molecule has 0 aliphatic carbocycles. The summed E-state index contributed by atoms with van der Waals surface area (Å²) in [5.41, 5.74) is 0.556. The van der Waals surface area contributed by atoms with Crippen molar-refractivity contribution in [3.8, 4) is 0 Å². The van der Waals surface area contributed by atoms with E-state index >= 15 is 0 Å². The third-order valence-electron chi connectivity index (χ3n) is 2.91. The summed E-state index contributed by atoms with van der Waals surface area (Å²) in [6.07, 6.45) is 3.94. The molecule has 2 aromatic heterocycles. The second-order valence-electron chi connectivity index (χ2n) is 4.07. The summed E-state index contributed by atoms with van der Waals surface area (Å²) >= 11 is 0. The monoisotopic (exact) mass is 269 g/mol. The second kappa shape index (κ2) is 4.23. The molecule has 0 unspecified atom stereocenters. The Kier molecular flexibility index (Phi) is 2.53. The third-order valence-corrected chi connectivity index (χ3v) is 2.91. The molecule has 1 aliphatic rings. The predicted molar refractivity (Wildman–Crippen MR) is 66.6 cm³/mol. The van der Waals surface area contributed by atoms with Crippen LogP contribution in [-0.4, -0.2) is 32.9 Å². The standard InChI is InChI=1S/C13H7N3O4/c17-11-8-3-4-14-6-9(8)12(18)16(11)7-1-2-10(13(19)20)15-5-7/h1-6H,(H,19,20). The number of amides is 2. The number of carboxylic acid groups (broad SMARTS) is 1. The van der Waals surface area contributed by atoms with E-state index in [4.69, 9.17) is 5.11 Å². The second-order valence-corrected chi connectivity index (χ2v) is 4.07. The average Bonchev–Trinajstić information content (AvgIpc) is 2.72. The molecule has 0 saturated heterocycles. The zero-order chi connectivity index (χ0) is 14.3. The average molecular weight is 269 g/mol. The minimum absolute atomic E-state index is 0.160. The van der Waals surface area contributed by atoms with E-state index in [0.29, 0.717) is 0 Å². The summed E-state index contributed by atoms with van der Waals surface area (Å²) in [7, 11) is 0. The van der Waals surface area contributed by atoms with Gasteiger partial charge in [-0.3, -0.25) is 14.6 Å². The van der Waals surface area contributed by atoms with Gasteiger partial charge in [0.1, 0.15) is 5.69 Å². The van der Waals surface area contributed by atoms with Gasteiger partial charge in [-0.1, -0.05) is 0 Å². The van der Waals surface area contributed by atoms with E-state index in [2.05, 4.69) is 9.97 Å². The van der Waals surface area contributed by atoms with Crippen molar-refractivity contribution >= 4 is 23.5 Å². The summed E-state index contributed by atoms with van der Waals surface area (Å²) in [5, 5.41) is 8.77. The maximum Gasteiger partial charge on any atom is 0.354 e. The fraction of sp³-hybridized carbons (Fsp3) is 0. The lowest BCUT2D eigenvalue weighted by Gasteiger charge is -2.13. The van der Waals surface area contributed by atoms with Crippen LogP contribution in [0.25, 0.3) is 0 Å². The van der Waals surface area contributed by atoms with Gasteiger partial charge in [0, 0.05) is 12.4 Å². The third kappa shape index (κ3) is 1.64. The van der Waals surface area contributed by atoms with Crippen LogP contribution in [0.2, 0.25) is 0 Å². The van der Waals surface area contributed by atoms with Gasteiger partial charge in [-0.15, -0.1) is 0 Å². The van der Waals surface area contributed by atoms with E-state index in [1.54, 1.807) is 0 Å². The summed E-state index contributed by atoms with van der Waals surface area (Å²) in [6.45, 7) is 0. The molecule has 0 radical (unpaired) electrons. The van der Waals surface area contributed by atoms with Gasteiger partial charge < -0.3 is 5.11 Å². The van der Waals surface area contributed by atoms with Gasteiger partial charge in [0.15, 0.2) is 0 Å². The highest BCUT2D eigenvalue weighted by molar-refractivity contribution is 6.34. The van der Waals surface area contributed by atoms with Crippen molar-refractivity contribution in [2.24, 2.45) is 0 Å². The van der Waals surface area contributed by atoms with Crippen LogP contribution in [0.15, 0.2) is 36.8 Å². The molecule has 7 nitrogen and oxygen atoms in total. The fourth-order valence-electron chi connectivity index (χ4n) is 1.96. The maximum atomic E-state index is 12.2. The number of carbonyl (C=O) groups excluding carboxylic acids is 2. The lowest BCUT2D eigenvalue weighted by molar-refractivity contribution is 0.0690. The van der Waals surface area contributed by atoms with Gasteiger partial charge >= 0.3 is 5.97 Å². The van der Waals surface area contributed by atoms with E-state index in [1.807, 2.05) is 0 Å². The van der Waals surface area contributed by atoms with Gasteiger partial charge in [-0.2, -0.15) is 0 Å². The Morgan fingerprint density at radius 3 is 2.40 bits per heavy atom. The SMILES string of the molecule is O=C(O)c1ccc(N2C(=O)c3ccncc3C2=O)cn1. The number of aromatic nitrogens is 2. The number of carboxylic acids is 1. The molecule has 3 rings (SSSR count). The number of fused-ring (bicyclic) bond motifs is 1. The Labute approximate surface area is 112 Å².